The fourth-order valence-corrected chi connectivity index (χ4v) is 10.6. The molecule has 10 aromatic carbocycles. The molecule has 0 saturated heterocycles. The molecule has 1 nitrogen and oxygen atoms in total. The van der Waals surface area contributed by atoms with Crippen LogP contribution < -0.4 is 4.90 Å². The van der Waals surface area contributed by atoms with Gasteiger partial charge >= 0.3 is 0 Å². The maximum absolute atomic E-state index is 2.45. The Morgan fingerprint density at radius 1 is 0.409 bits per heavy atom. The molecular formula is C65H57N. The van der Waals surface area contributed by atoms with Crippen LogP contribution in [0.25, 0.3) is 43.8 Å². The van der Waals surface area contributed by atoms with E-state index in [1.54, 1.807) is 0 Å². The summed E-state index contributed by atoms with van der Waals surface area (Å²) in [5.41, 5.74) is 16.8. The number of hydrogen-bond donors (Lipinski definition) is 0. The van der Waals surface area contributed by atoms with Crippen LogP contribution in [0.4, 0.5) is 17.1 Å². The molecule has 1 aliphatic carbocycles. The third kappa shape index (κ3) is 7.69. The summed E-state index contributed by atoms with van der Waals surface area (Å²) in [7, 11) is 0. The Kier molecular flexibility index (Phi) is 11.9. The molecule has 1 aliphatic rings. The lowest BCUT2D eigenvalue weighted by Crippen LogP contribution is -2.32. The van der Waals surface area contributed by atoms with E-state index < -0.39 is 5.41 Å². The summed E-state index contributed by atoms with van der Waals surface area (Å²) < 4.78 is 0. The van der Waals surface area contributed by atoms with Gasteiger partial charge in [0, 0.05) is 23.0 Å². The van der Waals surface area contributed by atoms with Crippen LogP contribution in [0.2, 0.25) is 0 Å². The van der Waals surface area contributed by atoms with E-state index in [1.165, 1.54) is 102 Å². The highest BCUT2D eigenvalue weighted by molar-refractivity contribution is 6.08. The molecule has 0 heterocycles. The Morgan fingerprint density at radius 2 is 0.985 bits per heavy atom. The summed E-state index contributed by atoms with van der Waals surface area (Å²) in [4.78, 5) is 2.45. The van der Waals surface area contributed by atoms with Crippen molar-refractivity contribution in [3.05, 3.63) is 269 Å². The summed E-state index contributed by atoms with van der Waals surface area (Å²) in [5.74, 6) is 0.302. The van der Waals surface area contributed by atoms with E-state index in [9.17, 15) is 0 Å². The number of aryl methyl sites for hydroxylation is 1. The van der Waals surface area contributed by atoms with Crippen molar-refractivity contribution in [3.8, 4) is 22.3 Å². The van der Waals surface area contributed by atoms with Crippen LogP contribution in [0.15, 0.2) is 231 Å². The number of nitrogens with zero attached hydrogens (tertiary/aromatic N) is 1. The summed E-state index contributed by atoms with van der Waals surface area (Å²) in [6.45, 7) is 9.01. The minimum Gasteiger partial charge on any atom is -0.310 e. The second kappa shape index (κ2) is 18.6. The molecule has 66 heavy (non-hydrogen) atoms. The van der Waals surface area contributed by atoms with Gasteiger partial charge in [0.15, 0.2) is 0 Å². The molecule has 0 bridgehead atoms. The van der Waals surface area contributed by atoms with Crippen molar-refractivity contribution in [2.75, 3.05) is 4.90 Å². The van der Waals surface area contributed by atoms with Crippen LogP contribution in [0.5, 0.6) is 0 Å². The third-order valence-electron chi connectivity index (χ3n) is 13.9. The van der Waals surface area contributed by atoms with Gasteiger partial charge in [-0.2, -0.15) is 0 Å². The summed E-state index contributed by atoms with van der Waals surface area (Å²) in [6, 6.07) is 85.3. The molecule has 0 N–H and O–H groups in total. The second-order valence-corrected chi connectivity index (χ2v) is 17.9. The lowest BCUT2D eigenvalue weighted by molar-refractivity contribution is 0.738. The Bertz CT molecular complexity index is 3230. The molecule has 0 spiro atoms. The van der Waals surface area contributed by atoms with E-state index in [2.05, 4.69) is 263 Å². The van der Waals surface area contributed by atoms with Crippen LogP contribution in [0.3, 0.4) is 0 Å². The minimum atomic E-state index is -0.575. The number of rotatable bonds is 10. The molecule has 0 aromatic heterocycles. The average Bonchev–Trinajstić information content (AvgIpc) is 3.66. The topological polar surface area (TPSA) is 3.24 Å². The smallest absolute Gasteiger partial charge is 0.0704 e. The van der Waals surface area contributed by atoms with Crippen molar-refractivity contribution in [1.29, 1.82) is 0 Å². The van der Waals surface area contributed by atoms with Crippen LogP contribution >= 0.6 is 0 Å². The fraction of sp³-hybridized carbons (Fsp3) is 0.138. The maximum Gasteiger partial charge on any atom is 0.0704 e. The quantitative estimate of drug-likeness (QED) is 0.0979. The van der Waals surface area contributed by atoms with Gasteiger partial charge in [-0.25, -0.2) is 0 Å². The Morgan fingerprint density at radius 3 is 1.71 bits per heavy atom. The monoisotopic (exact) mass is 851 g/mol. The Hall–Kier alpha value is -7.48. The molecule has 0 fully saturated rings. The number of hydrogen-bond acceptors (Lipinski definition) is 1. The standard InChI is InChI=1S/C60H45N.C5H12/c1-41-16-9-14-27-59(41)60(47-18-5-3-6-19-47,48-20-7-4-8-21-48)49-22-15-23-51(39-49)61(52-35-37-57-56-26-13-12-24-53(56)42(2)58(57)40-52)50-33-30-43(31-34-50)45-32-36-55-46(38-45)29-28-44-17-10-11-25-54(44)55;1-3-5-4-2/h3-40,42H,1-2H3;3-5H2,1-2H3. The molecule has 0 aliphatic heterocycles. The van der Waals surface area contributed by atoms with Gasteiger partial charge in [0.05, 0.1) is 5.41 Å². The molecule has 0 saturated carbocycles. The predicted octanol–water partition coefficient (Wildman–Crippen LogP) is 18.1. The normalized spacial score (nSPS) is 12.9. The first-order valence-electron chi connectivity index (χ1n) is 23.8. The SMILES string of the molecule is CCCCC.Cc1ccccc1C(c1ccccc1)(c1ccccc1)c1cccc(N(c2ccc(-c3ccc4c(ccc5ccccc54)c3)cc2)c2ccc3c(c2)C(C)c2ccccc2-3)c1. The van der Waals surface area contributed by atoms with Crippen LogP contribution in [0, 0.1) is 6.92 Å². The molecule has 11 rings (SSSR count). The zero-order chi connectivity index (χ0) is 45.0. The van der Waals surface area contributed by atoms with Gasteiger partial charge < -0.3 is 4.90 Å². The lowest BCUT2D eigenvalue weighted by Gasteiger charge is -2.38. The van der Waals surface area contributed by atoms with Crippen LogP contribution in [0.1, 0.15) is 84.9 Å². The summed E-state index contributed by atoms with van der Waals surface area (Å²) >= 11 is 0. The largest absolute Gasteiger partial charge is 0.310 e. The van der Waals surface area contributed by atoms with Gasteiger partial charge in [-0.3, -0.25) is 0 Å². The minimum absolute atomic E-state index is 0.302. The first-order chi connectivity index (χ1) is 32.5. The molecule has 0 amide bonds. The molecule has 1 atom stereocenters. The predicted molar refractivity (Wildman–Crippen MR) is 283 cm³/mol. The highest BCUT2D eigenvalue weighted by Gasteiger charge is 2.40. The molecule has 0 radical (unpaired) electrons. The molecule has 322 valence electrons. The number of unbranched alkanes of at least 4 members (excludes halogenated alkanes) is 2. The number of benzene rings is 10. The number of fused-ring (bicyclic) bond motifs is 6. The van der Waals surface area contributed by atoms with Gasteiger partial charge in [0.25, 0.3) is 0 Å². The van der Waals surface area contributed by atoms with Crippen molar-refractivity contribution in [1.82, 2.24) is 0 Å². The second-order valence-electron chi connectivity index (χ2n) is 17.9. The van der Waals surface area contributed by atoms with Crippen LogP contribution in [-0.4, -0.2) is 0 Å². The van der Waals surface area contributed by atoms with E-state index in [0.717, 1.165) is 17.1 Å². The van der Waals surface area contributed by atoms with Gasteiger partial charge in [0.1, 0.15) is 0 Å². The zero-order valence-electron chi connectivity index (χ0n) is 38.6. The molecule has 1 heteroatoms. The molecule has 1 unspecified atom stereocenters. The van der Waals surface area contributed by atoms with Crippen molar-refractivity contribution < 1.29 is 0 Å². The van der Waals surface area contributed by atoms with Gasteiger partial charge in [-0.1, -0.05) is 228 Å². The van der Waals surface area contributed by atoms with E-state index in [0.29, 0.717) is 5.92 Å². The lowest BCUT2D eigenvalue weighted by atomic mass is 9.64. The highest BCUT2D eigenvalue weighted by atomic mass is 15.1. The van der Waals surface area contributed by atoms with Crippen molar-refractivity contribution in [2.24, 2.45) is 0 Å². The highest BCUT2D eigenvalue weighted by Crippen LogP contribution is 2.50. The Labute approximate surface area is 391 Å². The molecule has 10 aromatic rings. The van der Waals surface area contributed by atoms with Crippen molar-refractivity contribution in [2.45, 2.75) is 58.3 Å². The summed E-state index contributed by atoms with van der Waals surface area (Å²) in [5, 5.41) is 5.09. The average molecular weight is 852 g/mol. The summed E-state index contributed by atoms with van der Waals surface area (Å²) in [6.07, 6.45) is 4.08. The van der Waals surface area contributed by atoms with Gasteiger partial charge in [-0.15, -0.1) is 0 Å². The maximum atomic E-state index is 2.45. The first kappa shape index (κ1) is 42.5. The Balaban J connectivity index is 0.000000973. The molecular weight excluding hydrogens is 795 g/mol. The van der Waals surface area contributed by atoms with Crippen molar-refractivity contribution >= 4 is 38.6 Å². The van der Waals surface area contributed by atoms with E-state index in [-0.39, 0.29) is 0 Å². The fourth-order valence-electron chi connectivity index (χ4n) is 10.6. The van der Waals surface area contributed by atoms with Crippen LogP contribution in [-0.2, 0) is 5.41 Å². The van der Waals surface area contributed by atoms with Gasteiger partial charge in [-0.05, 0) is 132 Å². The van der Waals surface area contributed by atoms with Crippen molar-refractivity contribution in [3.63, 3.8) is 0 Å². The van der Waals surface area contributed by atoms with E-state index in [1.807, 2.05) is 0 Å². The van der Waals surface area contributed by atoms with Gasteiger partial charge in [0.2, 0.25) is 0 Å². The number of anilines is 3. The van der Waals surface area contributed by atoms with E-state index >= 15 is 0 Å². The third-order valence-corrected chi connectivity index (χ3v) is 13.9. The zero-order valence-corrected chi connectivity index (χ0v) is 38.6. The van der Waals surface area contributed by atoms with E-state index in [4.69, 9.17) is 0 Å². The first-order valence-corrected chi connectivity index (χ1v) is 23.8.